The fourth-order valence-electron chi connectivity index (χ4n) is 2.31. The Morgan fingerprint density at radius 1 is 1.11 bits per heavy atom. The van der Waals surface area contributed by atoms with Crippen molar-refractivity contribution >= 4 is 0 Å². The number of rotatable bonds is 4. The van der Waals surface area contributed by atoms with Gasteiger partial charge >= 0.3 is 0 Å². The zero-order valence-corrected chi connectivity index (χ0v) is 13.4. The maximum Gasteiger partial charge on any atom is 0.123 e. The van der Waals surface area contributed by atoms with Crippen LogP contribution in [0.1, 0.15) is 58.6 Å². The molecule has 0 aliphatic rings. The van der Waals surface area contributed by atoms with E-state index in [2.05, 4.69) is 59.7 Å². The summed E-state index contributed by atoms with van der Waals surface area (Å²) in [4.78, 5) is 0. The molecule has 0 amide bonds. The van der Waals surface area contributed by atoms with Crippen LogP contribution in [0.15, 0.2) is 18.2 Å². The van der Waals surface area contributed by atoms with Gasteiger partial charge in [0, 0.05) is 11.5 Å². The molecule has 2 atom stereocenters. The molecular weight excluding hydrogens is 234 g/mol. The van der Waals surface area contributed by atoms with E-state index >= 15 is 0 Å². The Labute approximate surface area is 118 Å². The highest BCUT2D eigenvalue weighted by Crippen LogP contribution is 2.30. The topological polar surface area (TPSA) is 35.2 Å². The van der Waals surface area contributed by atoms with Gasteiger partial charge in [0.05, 0.1) is 0 Å². The Hall–Kier alpha value is -1.02. The van der Waals surface area contributed by atoms with E-state index < -0.39 is 0 Å². The molecule has 0 spiro atoms. The highest BCUT2D eigenvalue weighted by atomic mass is 16.5. The summed E-state index contributed by atoms with van der Waals surface area (Å²) in [6.45, 7) is 15.0. The van der Waals surface area contributed by atoms with E-state index in [4.69, 9.17) is 10.5 Å². The molecule has 2 nitrogen and oxygen atoms in total. The Morgan fingerprint density at radius 2 is 1.68 bits per heavy atom. The van der Waals surface area contributed by atoms with E-state index in [1.165, 1.54) is 11.1 Å². The van der Waals surface area contributed by atoms with Gasteiger partial charge in [0.1, 0.15) is 11.9 Å². The van der Waals surface area contributed by atoms with Gasteiger partial charge in [-0.15, -0.1) is 0 Å². The summed E-state index contributed by atoms with van der Waals surface area (Å²) in [6.07, 6.45) is 0.00797. The largest absolute Gasteiger partial charge is 0.488 e. The molecule has 0 radical (unpaired) electrons. The number of hydrogen-bond acceptors (Lipinski definition) is 2. The van der Waals surface area contributed by atoms with E-state index in [1.807, 2.05) is 6.92 Å². The third kappa shape index (κ3) is 4.24. The summed E-state index contributed by atoms with van der Waals surface area (Å²) < 4.78 is 6.24. The van der Waals surface area contributed by atoms with Gasteiger partial charge in [-0.05, 0) is 37.0 Å². The lowest BCUT2D eigenvalue weighted by atomic mass is 9.85. The standard InChI is InChI=1S/C17H29NO/c1-11(2)14-9-8-12(3)15(10-14)19-16(13(4)18)17(5,6)7/h8-11,13,16H,18H2,1-7H3. The molecule has 2 N–H and O–H groups in total. The molecule has 108 valence electrons. The molecule has 1 rings (SSSR count). The van der Waals surface area contributed by atoms with Gasteiger partial charge in [-0.3, -0.25) is 0 Å². The Bertz CT molecular complexity index is 416. The van der Waals surface area contributed by atoms with Crippen LogP contribution < -0.4 is 10.5 Å². The maximum absolute atomic E-state index is 6.24. The van der Waals surface area contributed by atoms with Crippen LogP contribution in [0.2, 0.25) is 0 Å². The predicted molar refractivity (Wildman–Crippen MR) is 82.8 cm³/mol. The molecule has 0 saturated carbocycles. The van der Waals surface area contributed by atoms with Crippen molar-refractivity contribution in [3.63, 3.8) is 0 Å². The second kappa shape index (κ2) is 5.96. The summed E-state index contributed by atoms with van der Waals surface area (Å²) in [6, 6.07) is 6.46. The summed E-state index contributed by atoms with van der Waals surface area (Å²) in [5, 5.41) is 0. The van der Waals surface area contributed by atoms with E-state index in [9.17, 15) is 0 Å². The van der Waals surface area contributed by atoms with Crippen molar-refractivity contribution in [2.24, 2.45) is 11.1 Å². The first kappa shape index (κ1) is 16.0. The Kier molecular flexibility index (Phi) is 5.03. The van der Waals surface area contributed by atoms with Crippen molar-refractivity contribution in [1.29, 1.82) is 0 Å². The second-order valence-corrected chi connectivity index (χ2v) is 6.94. The first-order valence-electron chi connectivity index (χ1n) is 7.15. The second-order valence-electron chi connectivity index (χ2n) is 6.94. The Balaban J connectivity index is 3.06. The molecule has 0 fully saturated rings. The molecule has 19 heavy (non-hydrogen) atoms. The van der Waals surface area contributed by atoms with Gasteiger partial charge in [0.2, 0.25) is 0 Å². The molecular formula is C17H29NO. The van der Waals surface area contributed by atoms with Crippen molar-refractivity contribution in [2.45, 2.75) is 66.5 Å². The van der Waals surface area contributed by atoms with E-state index in [0.717, 1.165) is 5.75 Å². The van der Waals surface area contributed by atoms with Crippen LogP contribution in [0.4, 0.5) is 0 Å². The molecule has 0 aromatic heterocycles. The smallest absolute Gasteiger partial charge is 0.123 e. The minimum atomic E-state index is 0.00195. The molecule has 1 aromatic carbocycles. The maximum atomic E-state index is 6.24. The normalized spacial score (nSPS) is 15.4. The van der Waals surface area contributed by atoms with Crippen molar-refractivity contribution in [2.75, 3.05) is 0 Å². The lowest BCUT2D eigenvalue weighted by Gasteiger charge is -2.34. The third-order valence-electron chi connectivity index (χ3n) is 3.46. The van der Waals surface area contributed by atoms with Crippen LogP contribution in [-0.2, 0) is 0 Å². The predicted octanol–water partition coefficient (Wildman–Crippen LogP) is 4.26. The fourth-order valence-corrected chi connectivity index (χ4v) is 2.31. The number of ether oxygens (including phenoxy) is 1. The molecule has 2 unspecified atom stereocenters. The van der Waals surface area contributed by atoms with E-state index in [-0.39, 0.29) is 17.6 Å². The molecule has 0 bridgehead atoms. The zero-order valence-electron chi connectivity index (χ0n) is 13.4. The first-order chi connectivity index (χ1) is 8.62. The quantitative estimate of drug-likeness (QED) is 0.881. The fraction of sp³-hybridized carbons (Fsp3) is 0.647. The van der Waals surface area contributed by atoms with Gasteiger partial charge < -0.3 is 10.5 Å². The highest BCUT2D eigenvalue weighted by molar-refractivity contribution is 5.38. The van der Waals surface area contributed by atoms with Gasteiger partial charge in [0.15, 0.2) is 0 Å². The van der Waals surface area contributed by atoms with Gasteiger partial charge in [-0.1, -0.05) is 46.8 Å². The molecule has 0 heterocycles. The SMILES string of the molecule is Cc1ccc(C(C)C)cc1OC(C(C)N)C(C)(C)C. The van der Waals surface area contributed by atoms with Gasteiger partial charge in [-0.25, -0.2) is 0 Å². The average Bonchev–Trinajstić information content (AvgIpc) is 2.25. The molecule has 0 saturated heterocycles. The van der Waals surface area contributed by atoms with Crippen molar-refractivity contribution in [1.82, 2.24) is 0 Å². The first-order valence-corrected chi connectivity index (χ1v) is 7.15. The lowest BCUT2D eigenvalue weighted by Crippen LogP contribution is -2.45. The highest BCUT2D eigenvalue weighted by Gasteiger charge is 2.30. The Morgan fingerprint density at radius 3 is 2.11 bits per heavy atom. The molecule has 2 heteroatoms. The van der Waals surface area contributed by atoms with Crippen molar-refractivity contribution in [3.8, 4) is 5.75 Å². The van der Waals surface area contributed by atoms with Crippen molar-refractivity contribution in [3.05, 3.63) is 29.3 Å². The van der Waals surface area contributed by atoms with E-state index in [1.54, 1.807) is 0 Å². The number of aryl methyl sites for hydroxylation is 1. The van der Waals surface area contributed by atoms with Crippen LogP contribution in [0.5, 0.6) is 5.75 Å². The third-order valence-corrected chi connectivity index (χ3v) is 3.46. The van der Waals surface area contributed by atoms with Crippen LogP contribution in [0.3, 0.4) is 0 Å². The summed E-state index contributed by atoms with van der Waals surface area (Å²) >= 11 is 0. The summed E-state index contributed by atoms with van der Waals surface area (Å²) in [5.74, 6) is 1.47. The number of benzene rings is 1. The van der Waals surface area contributed by atoms with Crippen LogP contribution in [0, 0.1) is 12.3 Å². The minimum Gasteiger partial charge on any atom is -0.488 e. The van der Waals surface area contributed by atoms with Crippen LogP contribution in [-0.4, -0.2) is 12.1 Å². The van der Waals surface area contributed by atoms with Crippen LogP contribution >= 0.6 is 0 Å². The lowest BCUT2D eigenvalue weighted by molar-refractivity contribution is 0.0677. The van der Waals surface area contributed by atoms with Crippen molar-refractivity contribution < 1.29 is 4.74 Å². The molecule has 0 aliphatic carbocycles. The number of hydrogen-bond donors (Lipinski definition) is 1. The van der Waals surface area contributed by atoms with E-state index in [0.29, 0.717) is 5.92 Å². The minimum absolute atomic E-state index is 0.00195. The van der Waals surface area contributed by atoms with Gasteiger partial charge in [0.25, 0.3) is 0 Å². The zero-order chi connectivity index (χ0) is 14.8. The summed E-state index contributed by atoms with van der Waals surface area (Å²) in [7, 11) is 0. The van der Waals surface area contributed by atoms with Crippen LogP contribution in [0.25, 0.3) is 0 Å². The molecule has 1 aromatic rings. The number of nitrogens with two attached hydrogens (primary N) is 1. The molecule has 0 aliphatic heterocycles. The van der Waals surface area contributed by atoms with Gasteiger partial charge in [-0.2, -0.15) is 0 Å². The average molecular weight is 263 g/mol. The monoisotopic (exact) mass is 263 g/mol. The summed E-state index contributed by atoms with van der Waals surface area (Å²) in [5.41, 5.74) is 8.59.